The molecule has 12 heteroatoms. The third kappa shape index (κ3) is 4.92. The van der Waals surface area contributed by atoms with E-state index in [1.54, 1.807) is 6.92 Å². The highest BCUT2D eigenvalue weighted by Crippen LogP contribution is 2.44. The molecule has 0 amide bonds. The number of nitrogens with one attached hydrogen (secondary N) is 1. The van der Waals surface area contributed by atoms with Crippen molar-refractivity contribution >= 4 is 28.7 Å². The number of fused-ring (bicyclic) bond motifs is 1. The van der Waals surface area contributed by atoms with Crippen molar-refractivity contribution < 1.29 is 34.0 Å². The Kier molecular flexibility index (Phi) is 5.26. The highest BCUT2D eigenvalue weighted by molar-refractivity contribution is 7.99. The average Bonchev–Trinajstić information content (AvgIpc) is 3.19. The molecule has 0 spiro atoms. The Morgan fingerprint density at radius 1 is 1.33 bits per heavy atom. The molecule has 2 aliphatic rings. The zero-order valence-electron chi connectivity index (χ0n) is 26.6. The van der Waals surface area contributed by atoms with Crippen molar-refractivity contribution in [1.29, 1.82) is 0 Å². The molecule has 2 aliphatic carbocycles. The van der Waals surface area contributed by atoms with Gasteiger partial charge in [0.15, 0.2) is 22.1 Å². The Bertz CT molecular complexity index is 1540. The molecule has 0 unspecified atom stereocenters. The number of nitrogens with zero attached hydrogens (tertiary/aromatic N) is 5. The standard InChI is InChI=1S/C24H31FN6O4S/c1-3-8-36-24-27-22(26-16-10-14(16)13-5-4-12(2)15(25)9-13)19-23(28-24)31(30-29-19)17-11-18(35-7-6-32)21(34)20(17)33/h4-5,9,14,16-18,20-21,32-34H,3,6-8,10-11H2,1-2H3,(H,26,27,28)/t14-,16+,17+,18-,20-,21+/m0/s1/i4D,5D,8D2,9D,14D,16D. The van der Waals surface area contributed by atoms with E-state index in [4.69, 9.17) is 19.4 Å². The van der Waals surface area contributed by atoms with Gasteiger partial charge in [0, 0.05) is 28.1 Å². The number of halogens is 1. The highest BCUT2D eigenvalue weighted by atomic mass is 32.2. The van der Waals surface area contributed by atoms with Crippen LogP contribution in [0, 0.1) is 12.7 Å². The van der Waals surface area contributed by atoms with Gasteiger partial charge in [0.2, 0.25) is 0 Å². The van der Waals surface area contributed by atoms with Gasteiger partial charge in [-0.3, -0.25) is 0 Å². The zero-order chi connectivity index (χ0) is 31.6. The molecule has 0 saturated heterocycles. The number of hydrogen-bond donors (Lipinski definition) is 4. The molecule has 6 atom stereocenters. The normalized spacial score (nSPS) is 34.9. The van der Waals surface area contributed by atoms with Gasteiger partial charge in [0.1, 0.15) is 18.0 Å². The molecule has 5 rings (SSSR count). The van der Waals surface area contributed by atoms with Crippen molar-refractivity contribution in [2.75, 3.05) is 24.2 Å². The van der Waals surface area contributed by atoms with Crippen molar-refractivity contribution in [3.05, 3.63) is 35.1 Å². The highest BCUT2D eigenvalue weighted by Gasteiger charge is 2.45. The number of aliphatic hydroxyl groups excluding tert-OH is 3. The second-order valence-electron chi connectivity index (χ2n) is 8.53. The van der Waals surface area contributed by atoms with E-state index in [2.05, 4.69) is 25.6 Å². The van der Waals surface area contributed by atoms with Gasteiger partial charge in [-0.25, -0.2) is 19.0 Å². The first kappa shape index (κ1) is 18.0. The third-order valence-corrected chi connectivity index (χ3v) is 6.85. The van der Waals surface area contributed by atoms with Crippen molar-refractivity contribution in [3.8, 4) is 0 Å². The van der Waals surface area contributed by atoms with E-state index in [1.807, 2.05) is 0 Å². The Morgan fingerprint density at radius 2 is 2.17 bits per heavy atom. The third-order valence-electron chi connectivity index (χ3n) is 6.05. The summed E-state index contributed by atoms with van der Waals surface area (Å²) in [5.41, 5.74) is -2.38. The van der Waals surface area contributed by atoms with Gasteiger partial charge in [-0.05, 0) is 36.9 Å². The molecule has 2 fully saturated rings. The summed E-state index contributed by atoms with van der Waals surface area (Å²) in [7, 11) is 0. The number of aromatic nitrogens is 5. The Morgan fingerprint density at radius 3 is 2.94 bits per heavy atom. The monoisotopic (exact) mass is 525 g/mol. The number of thioether (sulfide) groups is 1. The summed E-state index contributed by atoms with van der Waals surface area (Å²) in [6, 6.07) is -4.56. The largest absolute Gasteiger partial charge is 0.394 e. The number of aliphatic hydroxyl groups is 3. The van der Waals surface area contributed by atoms with Crippen molar-refractivity contribution in [2.45, 2.75) is 74.5 Å². The van der Waals surface area contributed by atoms with Crippen LogP contribution in [0.1, 0.15) is 58.8 Å². The summed E-state index contributed by atoms with van der Waals surface area (Å²) in [6.07, 6.45) is -3.60. The number of benzene rings is 1. The van der Waals surface area contributed by atoms with Crippen LogP contribution in [0.4, 0.5) is 10.2 Å². The van der Waals surface area contributed by atoms with Gasteiger partial charge >= 0.3 is 0 Å². The maximum absolute atomic E-state index is 14.7. The van der Waals surface area contributed by atoms with Gasteiger partial charge in [-0.1, -0.05) is 36.0 Å². The molecule has 0 bridgehead atoms. The van der Waals surface area contributed by atoms with Crippen molar-refractivity contribution in [1.82, 2.24) is 25.0 Å². The topological polar surface area (TPSA) is 138 Å². The van der Waals surface area contributed by atoms with E-state index in [9.17, 15) is 14.6 Å². The summed E-state index contributed by atoms with van der Waals surface area (Å²) in [5, 5.41) is 41.3. The molecule has 0 radical (unpaired) electrons. The molecule has 36 heavy (non-hydrogen) atoms. The van der Waals surface area contributed by atoms with Gasteiger partial charge in [-0.15, -0.1) is 5.10 Å². The minimum absolute atomic E-state index is 0.00263. The lowest BCUT2D eigenvalue weighted by Crippen LogP contribution is -2.33. The number of anilines is 1. The molecule has 2 aromatic heterocycles. The minimum Gasteiger partial charge on any atom is -0.394 e. The Balaban J connectivity index is 1.57. The predicted octanol–water partition coefficient (Wildman–Crippen LogP) is 2.18. The zero-order valence-corrected chi connectivity index (χ0v) is 20.4. The first-order valence-electron chi connectivity index (χ1n) is 15.0. The lowest BCUT2D eigenvalue weighted by atomic mass is 10.1. The van der Waals surface area contributed by atoms with Crippen LogP contribution < -0.4 is 5.32 Å². The van der Waals surface area contributed by atoms with Gasteiger partial charge in [-0.2, -0.15) is 0 Å². The Hall–Kier alpha value is -2.38. The summed E-state index contributed by atoms with van der Waals surface area (Å²) >= 11 is 0.691. The number of rotatable bonds is 10. The summed E-state index contributed by atoms with van der Waals surface area (Å²) in [6.45, 7) is 2.56. The maximum Gasteiger partial charge on any atom is 0.191 e. The van der Waals surface area contributed by atoms with E-state index in [0.717, 1.165) is 0 Å². The molecule has 194 valence electrons. The molecular formula is C24H31FN6O4S. The van der Waals surface area contributed by atoms with Crippen LogP contribution in [0.2, 0.25) is 0 Å². The minimum atomic E-state index is -2.01. The van der Waals surface area contributed by atoms with Gasteiger partial charge < -0.3 is 25.4 Å². The van der Waals surface area contributed by atoms with E-state index >= 15 is 0 Å². The van der Waals surface area contributed by atoms with E-state index in [1.165, 1.54) is 11.6 Å². The van der Waals surface area contributed by atoms with Crippen LogP contribution in [0.25, 0.3) is 11.2 Å². The summed E-state index contributed by atoms with van der Waals surface area (Å²) < 4.78 is 80.4. The molecule has 10 nitrogen and oxygen atoms in total. The SMILES string of the molecule is [2H]c1c([2H])c([C@]2([2H])C[C@@]2([2H])Nc2nc(SC([2H])([2H])CC)nc3c2nnn3[C@@H]2C[C@H](OCCO)[C@@H](O)[C@H]2O)c([2H])c(F)c1C. The molecule has 2 saturated carbocycles. The number of ether oxygens (including phenoxy) is 1. The van der Waals surface area contributed by atoms with E-state index < -0.39 is 71.5 Å². The first-order chi connectivity index (χ1) is 20.1. The van der Waals surface area contributed by atoms with Crippen LogP contribution in [-0.2, 0) is 4.74 Å². The quantitative estimate of drug-likeness (QED) is 0.230. The molecule has 0 aliphatic heterocycles. The smallest absolute Gasteiger partial charge is 0.191 e. The van der Waals surface area contributed by atoms with Crippen LogP contribution in [0.5, 0.6) is 0 Å². The van der Waals surface area contributed by atoms with Crippen LogP contribution in [-0.4, -0.2) is 83.5 Å². The average molecular weight is 526 g/mol. The fourth-order valence-electron chi connectivity index (χ4n) is 4.11. The Labute approximate surface area is 222 Å². The van der Waals surface area contributed by atoms with Crippen LogP contribution in [0.3, 0.4) is 0 Å². The second-order valence-corrected chi connectivity index (χ2v) is 9.38. The summed E-state index contributed by atoms with van der Waals surface area (Å²) in [4.78, 5) is 8.77. The maximum atomic E-state index is 14.7. The number of hydrogen-bond acceptors (Lipinski definition) is 10. The van der Waals surface area contributed by atoms with Gasteiger partial charge in [0.25, 0.3) is 0 Å². The lowest BCUT2D eigenvalue weighted by molar-refractivity contribution is -0.0629. The van der Waals surface area contributed by atoms with Crippen molar-refractivity contribution in [3.63, 3.8) is 0 Å². The van der Waals surface area contributed by atoms with Crippen LogP contribution >= 0.6 is 11.8 Å². The molecule has 3 aromatic rings. The predicted molar refractivity (Wildman–Crippen MR) is 133 cm³/mol. The second kappa shape index (κ2) is 10.5. The fourth-order valence-corrected chi connectivity index (χ4v) is 4.66. The lowest BCUT2D eigenvalue weighted by Gasteiger charge is -2.17. The molecular weight excluding hydrogens is 487 g/mol. The van der Waals surface area contributed by atoms with Crippen molar-refractivity contribution in [2.24, 2.45) is 0 Å². The molecule has 2 heterocycles. The molecule has 1 aromatic carbocycles. The molecule has 4 N–H and O–H groups in total. The van der Waals surface area contributed by atoms with Crippen LogP contribution in [0.15, 0.2) is 23.3 Å². The summed E-state index contributed by atoms with van der Waals surface area (Å²) in [5.74, 6) is -3.16. The fraction of sp³-hybridized carbons (Fsp3) is 0.583. The van der Waals surface area contributed by atoms with E-state index in [-0.39, 0.29) is 60.2 Å². The first-order valence-corrected chi connectivity index (χ1v) is 12.4. The van der Waals surface area contributed by atoms with E-state index in [0.29, 0.717) is 11.8 Å². The van der Waals surface area contributed by atoms with Gasteiger partial charge in [0.05, 0.1) is 30.8 Å².